The quantitative estimate of drug-likeness (QED) is 0.0294. The van der Waals surface area contributed by atoms with Crippen molar-refractivity contribution in [1.82, 2.24) is 47.0 Å². The molecule has 25 heteroatoms. The smallest absolute Gasteiger partial charge is 0.325 e. The van der Waals surface area contributed by atoms with Gasteiger partial charge in [0.15, 0.2) is 0 Å². The second kappa shape index (κ2) is 26.8. The Morgan fingerprint density at radius 1 is 0.828 bits per heavy atom. The largest absolute Gasteiger partial charge is 0.480 e. The lowest BCUT2D eigenvalue weighted by Gasteiger charge is -2.36. The molecule has 1 aromatic rings. The van der Waals surface area contributed by atoms with Crippen molar-refractivity contribution in [2.75, 3.05) is 57.3 Å². The third kappa shape index (κ3) is 18.7. The van der Waals surface area contributed by atoms with Crippen LogP contribution in [-0.4, -0.2) is 160 Å². The second-order valence-corrected chi connectivity index (χ2v) is 18.2. The van der Waals surface area contributed by atoms with Crippen molar-refractivity contribution >= 4 is 108 Å². The number of hydrogen-bond donors (Lipinski definition) is 10. The molecule has 354 valence electrons. The molecular formula is C39H56Br2N10O12S. The number of carbonyl (C=O) groups excluding carboxylic acids is 9. The van der Waals surface area contributed by atoms with Crippen molar-refractivity contribution in [3.05, 3.63) is 26.6 Å². The van der Waals surface area contributed by atoms with Gasteiger partial charge in [-0.1, -0.05) is 15.9 Å². The fraction of sp³-hybridized carbons (Fsp3) is 0.590. The number of amides is 9. The zero-order chi connectivity index (χ0) is 47.5. The summed E-state index contributed by atoms with van der Waals surface area (Å²) in [7, 11) is 0. The van der Waals surface area contributed by atoms with Crippen molar-refractivity contribution in [1.29, 1.82) is 0 Å². The summed E-state index contributed by atoms with van der Waals surface area (Å²) in [6.45, 7) is 1.13. The molecule has 1 saturated carbocycles. The number of benzene rings is 1. The monoisotopic (exact) mass is 1050 g/mol. The van der Waals surface area contributed by atoms with E-state index >= 15 is 0 Å². The van der Waals surface area contributed by atoms with Gasteiger partial charge >= 0.3 is 5.97 Å². The Kier molecular flexibility index (Phi) is 22.4. The highest BCUT2D eigenvalue weighted by molar-refractivity contribution is 9.11. The van der Waals surface area contributed by atoms with Crippen LogP contribution in [0.1, 0.15) is 64.4 Å². The average molecular weight is 1050 g/mol. The Bertz CT molecular complexity index is 1900. The standard InChI is InChI=1S/C39H56Br2N10O12S/c1-21(39(62)63)48-34(58)18-46-32(56)16-44-30(54)14-43-31(55)15-45-33(57)17-47-37(60)28(49-22(2)52)20-64-29-13-35(59)51(38(29)61)10-4-3-9-50(25-5-7-26(53)8-6-25)19-23-11-24(40)12-27(41)36(23)42/h11-12,21,25-26,28-29,53H,3-10,13-20,42H2,1-2H3,(H,43,55)(H,44,54)(H,45,57)(H,46,56)(H,47,60)(H,48,58)(H,49,52)(H,62,63). The molecule has 1 aromatic carbocycles. The van der Waals surface area contributed by atoms with E-state index in [4.69, 9.17) is 10.8 Å². The first-order chi connectivity index (χ1) is 30.2. The molecule has 9 amide bonds. The molecule has 1 aliphatic carbocycles. The number of carboxylic acid groups (broad SMARTS) is 1. The first kappa shape index (κ1) is 53.5. The van der Waals surface area contributed by atoms with Gasteiger partial charge in [-0.05, 0) is 85.6 Å². The molecule has 3 rings (SSSR count). The van der Waals surface area contributed by atoms with Crippen LogP contribution in [0.25, 0.3) is 0 Å². The number of carbonyl (C=O) groups is 10. The van der Waals surface area contributed by atoms with Crippen molar-refractivity contribution in [3.8, 4) is 0 Å². The number of unbranched alkanes of at least 4 members (excludes halogenated alkanes) is 1. The highest BCUT2D eigenvalue weighted by Gasteiger charge is 2.39. The van der Waals surface area contributed by atoms with Crippen molar-refractivity contribution in [3.63, 3.8) is 0 Å². The number of aliphatic hydroxyl groups is 1. The molecule has 0 bridgehead atoms. The number of aliphatic carboxylic acids is 1. The van der Waals surface area contributed by atoms with E-state index < -0.39 is 103 Å². The maximum atomic E-state index is 13.3. The molecule has 1 saturated heterocycles. The minimum absolute atomic E-state index is 0.0793. The van der Waals surface area contributed by atoms with E-state index in [0.717, 1.165) is 39.1 Å². The molecule has 3 atom stereocenters. The molecule has 3 unspecified atom stereocenters. The number of aliphatic hydroxyl groups excluding tert-OH is 1. The predicted octanol–water partition coefficient (Wildman–Crippen LogP) is -1.78. The van der Waals surface area contributed by atoms with Crippen molar-refractivity contribution in [2.24, 2.45) is 0 Å². The van der Waals surface area contributed by atoms with E-state index in [-0.39, 0.29) is 36.8 Å². The SMILES string of the molecule is CC(=O)NC(CSC1CC(=O)N(CCCCN(Cc2cc(Br)cc(Br)c2N)C2CCC(O)CC2)C1=O)C(=O)NCC(=O)NCC(=O)NCC(=O)NCC(=O)NCC(=O)NC(C)C(=O)O. The number of likely N-dealkylation sites (tertiary alicyclic amines) is 1. The van der Waals surface area contributed by atoms with Gasteiger partial charge in [0.2, 0.25) is 53.2 Å². The number of carboxylic acids is 1. The fourth-order valence-electron chi connectivity index (χ4n) is 6.66. The van der Waals surface area contributed by atoms with Gasteiger partial charge in [-0.15, -0.1) is 11.8 Å². The highest BCUT2D eigenvalue weighted by atomic mass is 79.9. The van der Waals surface area contributed by atoms with E-state index in [0.29, 0.717) is 44.5 Å². The summed E-state index contributed by atoms with van der Waals surface area (Å²) in [6.07, 6.45) is 3.95. The molecule has 64 heavy (non-hydrogen) atoms. The maximum Gasteiger partial charge on any atom is 0.325 e. The fourth-order valence-corrected chi connectivity index (χ4v) is 9.16. The number of thioether (sulfide) groups is 1. The third-order valence-corrected chi connectivity index (χ3v) is 12.5. The molecule has 22 nitrogen and oxygen atoms in total. The second-order valence-electron chi connectivity index (χ2n) is 15.2. The Morgan fingerprint density at radius 3 is 1.92 bits per heavy atom. The van der Waals surface area contributed by atoms with Crippen LogP contribution in [0.5, 0.6) is 0 Å². The Balaban J connectivity index is 1.38. The first-order valence-corrected chi connectivity index (χ1v) is 23.1. The summed E-state index contributed by atoms with van der Waals surface area (Å²) in [4.78, 5) is 125. The lowest BCUT2D eigenvalue weighted by atomic mass is 9.91. The topological polar surface area (TPSA) is 328 Å². The number of nitrogens with one attached hydrogen (secondary N) is 7. The maximum absolute atomic E-state index is 13.3. The molecule has 2 fully saturated rings. The predicted molar refractivity (Wildman–Crippen MR) is 240 cm³/mol. The van der Waals surface area contributed by atoms with Crippen LogP contribution >= 0.6 is 43.6 Å². The summed E-state index contributed by atoms with van der Waals surface area (Å²) >= 11 is 8.09. The Hall–Kier alpha value is -4.85. The van der Waals surface area contributed by atoms with Gasteiger partial charge in [0, 0.05) is 47.2 Å². The summed E-state index contributed by atoms with van der Waals surface area (Å²) in [5, 5.41) is 33.9. The Labute approximate surface area is 390 Å². The van der Waals surface area contributed by atoms with Gasteiger partial charge in [0.25, 0.3) is 0 Å². The molecule has 0 aromatic heterocycles. The van der Waals surface area contributed by atoms with Crippen LogP contribution in [-0.2, 0) is 54.5 Å². The number of nitrogen functional groups attached to an aromatic ring is 1. The van der Waals surface area contributed by atoms with E-state index in [1.165, 1.54) is 18.7 Å². The van der Waals surface area contributed by atoms with Crippen LogP contribution in [0.15, 0.2) is 21.1 Å². The number of hydrogen-bond acceptors (Lipinski definition) is 14. The third-order valence-electron chi connectivity index (χ3n) is 10.1. The summed E-state index contributed by atoms with van der Waals surface area (Å²) in [5.74, 6) is -7.22. The lowest BCUT2D eigenvalue weighted by molar-refractivity contribution is -0.141. The van der Waals surface area contributed by atoms with Gasteiger partial charge in [-0.2, -0.15) is 0 Å². The minimum atomic E-state index is -1.26. The normalized spacial score (nSPS) is 18.1. The summed E-state index contributed by atoms with van der Waals surface area (Å²) in [6, 6.07) is 1.78. The highest BCUT2D eigenvalue weighted by Crippen LogP contribution is 2.32. The summed E-state index contributed by atoms with van der Waals surface area (Å²) in [5.41, 5.74) is 7.99. The minimum Gasteiger partial charge on any atom is -0.480 e. The summed E-state index contributed by atoms with van der Waals surface area (Å²) < 4.78 is 1.68. The van der Waals surface area contributed by atoms with E-state index in [2.05, 4.69) is 74.0 Å². The number of halogens is 2. The molecule has 11 N–H and O–H groups in total. The number of nitrogens with zero attached hydrogens (tertiary/aromatic N) is 2. The van der Waals surface area contributed by atoms with Crippen molar-refractivity contribution in [2.45, 2.75) is 94.8 Å². The van der Waals surface area contributed by atoms with Crippen LogP contribution < -0.4 is 43.0 Å². The van der Waals surface area contributed by atoms with E-state index in [1.807, 2.05) is 12.1 Å². The van der Waals surface area contributed by atoms with Crippen LogP contribution in [0.3, 0.4) is 0 Å². The molecule has 0 radical (unpaired) electrons. The van der Waals surface area contributed by atoms with Gasteiger partial charge in [-0.25, -0.2) is 0 Å². The van der Waals surface area contributed by atoms with Gasteiger partial charge in [-0.3, -0.25) is 57.7 Å². The molecular weight excluding hydrogens is 992 g/mol. The average Bonchev–Trinajstić information content (AvgIpc) is 3.51. The van der Waals surface area contributed by atoms with Crippen LogP contribution in [0, 0.1) is 0 Å². The zero-order valence-electron chi connectivity index (χ0n) is 35.5. The van der Waals surface area contributed by atoms with Gasteiger partial charge in [0.05, 0.1) is 49.8 Å². The van der Waals surface area contributed by atoms with Crippen LogP contribution in [0.4, 0.5) is 5.69 Å². The molecule has 1 heterocycles. The van der Waals surface area contributed by atoms with E-state index in [9.17, 15) is 53.1 Å². The lowest BCUT2D eigenvalue weighted by Crippen LogP contribution is -2.51. The number of nitrogens with two attached hydrogens (primary N) is 1. The molecule has 2 aliphatic rings. The molecule has 1 aliphatic heterocycles. The van der Waals surface area contributed by atoms with Gasteiger partial charge in [0.1, 0.15) is 12.1 Å². The Morgan fingerprint density at radius 2 is 1.38 bits per heavy atom. The zero-order valence-corrected chi connectivity index (χ0v) is 39.5. The number of imide groups is 1. The van der Waals surface area contributed by atoms with E-state index in [1.54, 1.807) is 0 Å². The molecule has 0 spiro atoms. The van der Waals surface area contributed by atoms with Gasteiger partial charge < -0.3 is 53.2 Å². The number of rotatable bonds is 25. The van der Waals surface area contributed by atoms with Crippen LogP contribution in [0.2, 0.25) is 0 Å². The number of anilines is 1. The van der Waals surface area contributed by atoms with Crippen molar-refractivity contribution < 1.29 is 58.2 Å². The first-order valence-electron chi connectivity index (χ1n) is 20.5.